The highest BCUT2D eigenvalue weighted by Gasteiger charge is 2.19. The van der Waals surface area contributed by atoms with E-state index in [1.54, 1.807) is 16.8 Å². The Balaban J connectivity index is 1.97. The summed E-state index contributed by atoms with van der Waals surface area (Å²) >= 11 is 0. The zero-order valence-electron chi connectivity index (χ0n) is 11.5. The summed E-state index contributed by atoms with van der Waals surface area (Å²) in [6.07, 6.45) is 3.03. The van der Waals surface area contributed by atoms with Gasteiger partial charge in [-0.2, -0.15) is 5.10 Å². The van der Waals surface area contributed by atoms with E-state index in [1.807, 2.05) is 25.1 Å². The minimum atomic E-state index is -1.02. The lowest BCUT2D eigenvalue weighted by molar-refractivity contribution is 0.0697. The molecule has 5 nitrogen and oxygen atoms in total. The van der Waals surface area contributed by atoms with Crippen molar-refractivity contribution in [2.24, 2.45) is 0 Å². The summed E-state index contributed by atoms with van der Waals surface area (Å²) in [6.45, 7) is 2.53. The monoisotopic (exact) mass is 282 g/mol. The third-order valence-electron chi connectivity index (χ3n) is 3.17. The maximum absolute atomic E-state index is 11.3. The van der Waals surface area contributed by atoms with Gasteiger partial charge in [-0.3, -0.25) is 4.68 Å². The van der Waals surface area contributed by atoms with Gasteiger partial charge in [0.15, 0.2) is 5.76 Å². The van der Waals surface area contributed by atoms with E-state index in [1.165, 1.54) is 12.5 Å². The number of aryl methyl sites for hydroxylation is 1. The Labute approximate surface area is 121 Å². The van der Waals surface area contributed by atoms with Crippen LogP contribution in [0.5, 0.6) is 0 Å². The number of carbonyl (C=O) groups is 1. The van der Waals surface area contributed by atoms with Gasteiger partial charge in [-0.15, -0.1) is 0 Å². The van der Waals surface area contributed by atoms with Gasteiger partial charge in [0.25, 0.3) is 0 Å². The summed E-state index contributed by atoms with van der Waals surface area (Å²) in [4.78, 5) is 11.3. The molecule has 0 aliphatic rings. The molecule has 0 fully saturated rings. The molecule has 0 aliphatic heterocycles. The van der Waals surface area contributed by atoms with E-state index >= 15 is 0 Å². The second-order valence-corrected chi connectivity index (χ2v) is 4.86. The first-order chi connectivity index (χ1) is 10.1. The molecule has 2 heterocycles. The molecule has 0 spiro atoms. The van der Waals surface area contributed by atoms with Crippen LogP contribution in [-0.4, -0.2) is 20.9 Å². The van der Waals surface area contributed by atoms with Crippen molar-refractivity contribution in [2.75, 3.05) is 0 Å². The summed E-state index contributed by atoms with van der Waals surface area (Å²) < 4.78 is 6.87. The highest BCUT2D eigenvalue weighted by molar-refractivity contribution is 5.93. The molecule has 3 rings (SSSR count). The normalized spacial score (nSPS) is 10.7. The van der Waals surface area contributed by atoms with Crippen molar-refractivity contribution in [2.45, 2.75) is 13.5 Å². The maximum atomic E-state index is 11.3. The predicted molar refractivity (Wildman–Crippen MR) is 77.2 cm³/mol. The molecule has 0 amide bonds. The number of furan rings is 1. The number of hydrogen-bond acceptors (Lipinski definition) is 3. The average molecular weight is 282 g/mol. The molecule has 0 bridgehead atoms. The largest absolute Gasteiger partial charge is 0.478 e. The summed E-state index contributed by atoms with van der Waals surface area (Å²) in [5, 5.41) is 13.6. The zero-order valence-corrected chi connectivity index (χ0v) is 11.5. The standard InChI is InChI=1S/C16H14N2O3/c1-11-4-2-5-12(8-11)9-18-10-13(16(19)20)15(17-18)14-6-3-7-21-14/h2-8,10H,9H2,1H3,(H,19,20). The van der Waals surface area contributed by atoms with Crippen molar-refractivity contribution < 1.29 is 14.3 Å². The lowest BCUT2D eigenvalue weighted by Gasteiger charge is -2.02. The summed E-state index contributed by atoms with van der Waals surface area (Å²) in [7, 11) is 0. The van der Waals surface area contributed by atoms with Gasteiger partial charge >= 0.3 is 5.97 Å². The molecule has 106 valence electrons. The second-order valence-electron chi connectivity index (χ2n) is 4.86. The van der Waals surface area contributed by atoms with E-state index < -0.39 is 5.97 Å². The minimum absolute atomic E-state index is 0.137. The topological polar surface area (TPSA) is 68.3 Å². The second kappa shape index (κ2) is 5.28. The van der Waals surface area contributed by atoms with Crippen LogP contribution >= 0.6 is 0 Å². The molecule has 5 heteroatoms. The number of hydrogen-bond donors (Lipinski definition) is 1. The predicted octanol–water partition coefficient (Wildman–Crippen LogP) is 3.20. The zero-order chi connectivity index (χ0) is 14.8. The van der Waals surface area contributed by atoms with Gasteiger partial charge in [-0.1, -0.05) is 29.8 Å². The summed E-state index contributed by atoms with van der Waals surface area (Å²) in [5.41, 5.74) is 2.71. The Morgan fingerprint density at radius 1 is 1.33 bits per heavy atom. The molecule has 0 saturated carbocycles. The number of aromatic nitrogens is 2. The lowest BCUT2D eigenvalue weighted by atomic mass is 10.1. The van der Waals surface area contributed by atoms with E-state index in [9.17, 15) is 9.90 Å². The van der Waals surface area contributed by atoms with Crippen LogP contribution in [-0.2, 0) is 6.54 Å². The number of carboxylic acid groups (broad SMARTS) is 1. The van der Waals surface area contributed by atoms with Crippen molar-refractivity contribution in [3.63, 3.8) is 0 Å². The fraction of sp³-hybridized carbons (Fsp3) is 0.125. The molecule has 3 aromatic rings. The minimum Gasteiger partial charge on any atom is -0.478 e. The van der Waals surface area contributed by atoms with Gasteiger partial charge in [0.1, 0.15) is 11.3 Å². The number of aromatic carboxylic acids is 1. The number of rotatable bonds is 4. The molecule has 21 heavy (non-hydrogen) atoms. The fourth-order valence-electron chi connectivity index (χ4n) is 2.25. The number of carboxylic acids is 1. The molecular formula is C16H14N2O3. The maximum Gasteiger partial charge on any atom is 0.339 e. The van der Waals surface area contributed by atoms with E-state index in [0.29, 0.717) is 18.0 Å². The first kappa shape index (κ1) is 13.2. The van der Waals surface area contributed by atoms with Gasteiger partial charge in [-0.25, -0.2) is 4.79 Å². The highest BCUT2D eigenvalue weighted by Crippen LogP contribution is 2.23. The smallest absolute Gasteiger partial charge is 0.339 e. The Morgan fingerprint density at radius 2 is 2.19 bits per heavy atom. The average Bonchev–Trinajstić information content (AvgIpc) is 3.06. The van der Waals surface area contributed by atoms with E-state index in [-0.39, 0.29) is 5.56 Å². The Kier molecular flexibility index (Phi) is 3.31. The molecule has 0 unspecified atom stereocenters. The summed E-state index contributed by atoms with van der Waals surface area (Å²) in [5.74, 6) is -0.563. The highest BCUT2D eigenvalue weighted by atomic mass is 16.4. The number of nitrogens with zero attached hydrogens (tertiary/aromatic N) is 2. The molecule has 0 saturated heterocycles. The molecule has 0 radical (unpaired) electrons. The molecule has 0 aliphatic carbocycles. The van der Waals surface area contributed by atoms with Crippen molar-refractivity contribution in [3.05, 3.63) is 65.5 Å². The van der Waals surface area contributed by atoms with E-state index in [0.717, 1.165) is 11.1 Å². The van der Waals surface area contributed by atoms with Crippen LogP contribution in [0.1, 0.15) is 21.5 Å². The van der Waals surface area contributed by atoms with Crippen LogP contribution in [0.3, 0.4) is 0 Å². The van der Waals surface area contributed by atoms with Crippen LogP contribution < -0.4 is 0 Å². The van der Waals surface area contributed by atoms with E-state index in [2.05, 4.69) is 11.2 Å². The Hall–Kier alpha value is -2.82. The van der Waals surface area contributed by atoms with Crippen LogP contribution in [0.2, 0.25) is 0 Å². The Morgan fingerprint density at radius 3 is 2.86 bits per heavy atom. The molecule has 1 N–H and O–H groups in total. The Bertz CT molecular complexity index is 773. The van der Waals surface area contributed by atoms with Gasteiger partial charge in [0.05, 0.1) is 12.8 Å². The third kappa shape index (κ3) is 2.72. The van der Waals surface area contributed by atoms with Crippen LogP contribution in [0.15, 0.2) is 53.3 Å². The quantitative estimate of drug-likeness (QED) is 0.798. The molecule has 1 aromatic carbocycles. The van der Waals surface area contributed by atoms with Crippen LogP contribution in [0, 0.1) is 6.92 Å². The number of benzene rings is 1. The summed E-state index contributed by atoms with van der Waals surface area (Å²) in [6, 6.07) is 11.4. The fourth-order valence-corrected chi connectivity index (χ4v) is 2.25. The molecule has 2 aromatic heterocycles. The van der Waals surface area contributed by atoms with Crippen molar-refractivity contribution in [1.82, 2.24) is 9.78 Å². The van der Waals surface area contributed by atoms with Crippen molar-refractivity contribution in [3.8, 4) is 11.5 Å². The molecule has 0 atom stereocenters. The molecular weight excluding hydrogens is 268 g/mol. The SMILES string of the molecule is Cc1cccc(Cn2cc(C(=O)O)c(-c3ccco3)n2)c1. The third-order valence-corrected chi connectivity index (χ3v) is 3.17. The van der Waals surface area contributed by atoms with Crippen LogP contribution in [0.4, 0.5) is 0 Å². The van der Waals surface area contributed by atoms with Gasteiger partial charge in [0.2, 0.25) is 0 Å². The van der Waals surface area contributed by atoms with Gasteiger partial charge in [0, 0.05) is 6.20 Å². The van der Waals surface area contributed by atoms with Crippen molar-refractivity contribution in [1.29, 1.82) is 0 Å². The van der Waals surface area contributed by atoms with Gasteiger partial charge < -0.3 is 9.52 Å². The van der Waals surface area contributed by atoms with E-state index in [4.69, 9.17) is 4.42 Å². The van der Waals surface area contributed by atoms with Crippen molar-refractivity contribution >= 4 is 5.97 Å². The van der Waals surface area contributed by atoms with Gasteiger partial charge in [-0.05, 0) is 24.6 Å². The lowest BCUT2D eigenvalue weighted by Crippen LogP contribution is -2.00. The first-order valence-corrected chi connectivity index (χ1v) is 6.53. The van der Waals surface area contributed by atoms with Crippen LogP contribution in [0.25, 0.3) is 11.5 Å². The first-order valence-electron chi connectivity index (χ1n) is 6.53.